The molecule has 7 heteroatoms. The number of para-hydroxylation sites is 1. The molecule has 0 atom stereocenters. The Balaban J connectivity index is 1.83. The molecule has 0 aromatic heterocycles. The zero-order valence-corrected chi connectivity index (χ0v) is 15.2. The Morgan fingerprint density at radius 1 is 1.04 bits per heavy atom. The SMILES string of the molecule is NC(=O)CSc1ccccc1NC(=O)CCSc1ccc(Cl)cc1. The van der Waals surface area contributed by atoms with Gasteiger partial charge < -0.3 is 11.1 Å². The van der Waals surface area contributed by atoms with Crippen molar-refractivity contribution in [2.45, 2.75) is 16.2 Å². The van der Waals surface area contributed by atoms with E-state index in [0.29, 0.717) is 22.9 Å². The molecule has 0 spiro atoms. The number of halogens is 1. The summed E-state index contributed by atoms with van der Waals surface area (Å²) in [4.78, 5) is 24.9. The molecule has 0 unspecified atom stereocenters. The molecular formula is C17H17ClN2O2S2. The number of primary amides is 1. The first-order chi connectivity index (χ1) is 11.5. The van der Waals surface area contributed by atoms with Gasteiger partial charge in [0.2, 0.25) is 11.8 Å². The van der Waals surface area contributed by atoms with Gasteiger partial charge in [-0.3, -0.25) is 9.59 Å². The Morgan fingerprint density at radius 2 is 1.75 bits per heavy atom. The van der Waals surface area contributed by atoms with Crippen molar-refractivity contribution < 1.29 is 9.59 Å². The molecule has 0 bridgehead atoms. The van der Waals surface area contributed by atoms with Crippen molar-refractivity contribution >= 4 is 52.6 Å². The van der Waals surface area contributed by atoms with E-state index in [9.17, 15) is 9.59 Å². The molecule has 0 radical (unpaired) electrons. The second-order valence-electron chi connectivity index (χ2n) is 4.85. The van der Waals surface area contributed by atoms with Crippen molar-refractivity contribution in [3.63, 3.8) is 0 Å². The van der Waals surface area contributed by atoms with Gasteiger partial charge in [-0.2, -0.15) is 0 Å². The number of amides is 2. The number of hydrogen-bond donors (Lipinski definition) is 2. The lowest BCUT2D eigenvalue weighted by atomic mass is 10.3. The molecule has 0 heterocycles. The van der Waals surface area contributed by atoms with E-state index in [1.54, 1.807) is 11.8 Å². The summed E-state index contributed by atoms with van der Waals surface area (Å²) < 4.78 is 0. The molecule has 2 amide bonds. The van der Waals surface area contributed by atoms with Gasteiger partial charge in [0.1, 0.15) is 0 Å². The van der Waals surface area contributed by atoms with E-state index in [1.807, 2.05) is 48.5 Å². The Kier molecular flexibility index (Phi) is 7.49. The minimum absolute atomic E-state index is 0.0661. The summed E-state index contributed by atoms with van der Waals surface area (Å²) in [6.45, 7) is 0. The van der Waals surface area contributed by atoms with Crippen LogP contribution in [-0.4, -0.2) is 23.3 Å². The first-order valence-electron chi connectivity index (χ1n) is 7.23. The van der Waals surface area contributed by atoms with Crippen molar-refractivity contribution in [1.29, 1.82) is 0 Å². The summed E-state index contributed by atoms with van der Waals surface area (Å²) in [5, 5.41) is 3.58. The van der Waals surface area contributed by atoms with E-state index in [0.717, 1.165) is 9.79 Å². The van der Waals surface area contributed by atoms with E-state index < -0.39 is 0 Å². The second kappa shape index (κ2) is 9.61. The van der Waals surface area contributed by atoms with Crippen LogP contribution in [0.5, 0.6) is 0 Å². The molecule has 0 saturated carbocycles. The molecule has 2 aromatic rings. The van der Waals surface area contributed by atoms with Gasteiger partial charge in [-0.15, -0.1) is 23.5 Å². The highest BCUT2D eigenvalue weighted by Gasteiger charge is 2.08. The molecule has 0 aliphatic rings. The summed E-state index contributed by atoms with van der Waals surface area (Å²) in [5.74, 6) is 0.396. The predicted molar refractivity (Wildman–Crippen MR) is 102 cm³/mol. The molecule has 0 aliphatic heterocycles. The van der Waals surface area contributed by atoms with Gasteiger partial charge >= 0.3 is 0 Å². The van der Waals surface area contributed by atoms with Crippen molar-refractivity contribution in [3.8, 4) is 0 Å². The number of hydrogen-bond acceptors (Lipinski definition) is 4. The molecule has 24 heavy (non-hydrogen) atoms. The second-order valence-corrected chi connectivity index (χ2v) is 7.47. The highest BCUT2D eigenvalue weighted by molar-refractivity contribution is 8.00. The van der Waals surface area contributed by atoms with Crippen LogP contribution >= 0.6 is 35.1 Å². The van der Waals surface area contributed by atoms with E-state index >= 15 is 0 Å². The van der Waals surface area contributed by atoms with E-state index in [2.05, 4.69) is 5.32 Å². The first kappa shape index (κ1) is 18.7. The van der Waals surface area contributed by atoms with E-state index in [1.165, 1.54) is 11.8 Å². The maximum Gasteiger partial charge on any atom is 0.227 e. The largest absolute Gasteiger partial charge is 0.369 e. The van der Waals surface area contributed by atoms with Gasteiger partial charge in [-0.1, -0.05) is 23.7 Å². The number of benzene rings is 2. The van der Waals surface area contributed by atoms with Crippen LogP contribution in [0.4, 0.5) is 5.69 Å². The quantitative estimate of drug-likeness (QED) is 0.678. The smallest absolute Gasteiger partial charge is 0.227 e. The molecule has 4 nitrogen and oxygen atoms in total. The summed E-state index contributed by atoms with van der Waals surface area (Å²) in [6.07, 6.45) is 0.391. The van der Waals surface area contributed by atoms with Gasteiger partial charge in [0.05, 0.1) is 11.4 Å². The lowest BCUT2D eigenvalue weighted by Crippen LogP contribution is -2.15. The zero-order chi connectivity index (χ0) is 17.4. The topological polar surface area (TPSA) is 72.2 Å². The van der Waals surface area contributed by atoms with E-state index in [4.69, 9.17) is 17.3 Å². The van der Waals surface area contributed by atoms with Gasteiger partial charge in [-0.05, 0) is 36.4 Å². The lowest BCUT2D eigenvalue weighted by Gasteiger charge is -2.10. The minimum atomic E-state index is -0.388. The van der Waals surface area contributed by atoms with Crippen LogP contribution in [0.3, 0.4) is 0 Å². The molecule has 3 N–H and O–H groups in total. The van der Waals surface area contributed by atoms with Gasteiger partial charge in [-0.25, -0.2) is 0 Å². The van der Waals surface area contributed by atoms with Crippen LogP contribution in [0.15, 0.2) is 58.3 Å². The molecule has 0 saturated heterocycles. The number of carbonyl (C=O) groups excluding carboxylic acids is 2. The minimum Gasteiger partial charge on any atom is -0.369 e. The predicted octanol–water partition coefficient (Wildman–Crippen LogP) is 4.04. The third-order valence-electron chi connectivity index (χ3n) is 2.94. The molecule has 0 aliphatic carbocycles. The fourth-order valence-electron chi connectivity index (χ4n) is 1.85. The summed E-state index contributed by atoms with van der Waals surface area (Å²) in [6, 6.07) is 14.9. The third kappa shape index (κ3) is 6.47. The Morgan fingerprint density at radius 3 is 2.46 bits per heavy atom. The first-order valence-corrected chi connectivity index (χ1v) is 9.58. The van der Waals surface area contributed by atoms with Crippen molar-refractivity contribution in [3.05, 3.63) is 53.6 Å². The van der Waals surface area contributed by atoms with Crippen molar-refractivity contribution in [2.75, 3.05) is 16.8 Å². The number of anilines is 1. The van der Waals surface area contributed by atoms with Crippen LogP contribution in [0, 0.1) is 0 Å². The maximum absolute atomic E-state index is 12.1. The Hall–Kier alpha value is -1.63. The van der Waals surface area contributed by atoms with Crippen LogP contribution in [0.1, 0.15) is 6.42 Å². The molecule has 2 rings (SSSR count). The summed E-state index contributed by atoms with van der Waals surface area (Å²) in [5.41, 5.74) is 5.86. The zero-order valence-electron chi connectivity index (χ0n) is 12.8. The van der Waals surface area contributed by atoms with Gasteiger partial charge in [0.15, 0.2) is 0 Å². The molecule has 0 fully saturated rings. The van der Waals surface area contributed by atoms with Crippen LogP contribution in [-0.2, 0) is 9.59 Å². The Labute approximate surface area is 154 Å². The average molecular weight is 381 g/mol. The average Bonchev–Trinajstić information content (AvgIpc) is 2.56. The highest BCUT2D eigenvalue weighted by atomic mass is 35.5. The van der Waals surface area contributed by atoms with Crippen LogP contribution in [0.2, 0.25) is 5.02 Å². The number of carbonyl (C=O) groups is 2. The van der Waals surface area contributed by atoms with Crippen molar-refractivity contribution in [2.24, 2.45) is 5.73 Å². The number of nitrogens with one attached hydrogen (secondary N) is 1. The fourth-order valence-corrected chi connectivity index (χ4v) is 3.57. The fraction of sp³-hybridized carbons (Fsp3) is 0.176. The maximum atomic E-state index is 12.1. The van der Waals surface area contributed by atoms with Gasteiger partial charge in [0, 0.05) is 27.0 Å². The molecule has 2 aromatic carbocycles. The van der Waals surface area contributed by atoms with Crippen LogP contribution in [0.25, 0.3) is 0 Å². The lowest BCUT2D eigenvalue weighted by molar-refractivity contribution is -0.116. The van der Waals surface area contributed by atoms with E-state index in [-0.39, 0.29) is 17.6 Å². The normalized spacial score (nSPS) is 10.4. The number of rotatable bonds is 8. The summed E-state index contributed by atoms with van der Waals surface area (Å²) >= 11 is 8.75. The van der Waals surface area contributed by atoms with Gasteiger partial charge in [0.25, 0.3) is 0 Å². The molecular weight excluding hydrogens is 364 g/mol. The highest BCUT2D eigenvalue weighted by Crippen LogP contribution is 2.27. The Bertz CT molecular complexity index is 708. The standard InChI is InChI=1S/C17H17ClN2O2S2/c18-12-5-7-13(8-6-12)23-10-9-17(22)20-14-3-1-2-4-15(14)24-11-16(19)21/h1-8H,9-11H2,(H2,19,21)(H,20,22). The van der Waals surface area contributed by atoms with Crippen molar-refractivity contribution in [1.82, 2.24) is 0 Å². The third-order valence-corrected chi connectivity index (χ3v) is 5.30. The summed E-state index contributed by atoms with van der Waals surface area (Å²) in [7, 11) is 0. The number of nitrogens with two attached hydrogens (primary N) is 1. The molecule has 126 valence electrons. The van der Waals surface area contributed by atoms with Crippen LogP contribution < -0.4 is 11.1 Å². The monoisotopic (exact) mass is 380 g/mol. The number of thioether (sulfide) groups is 2.